The average molecular weight is 439 g/mol. The number of aromatic nitrogens is 5. The summed E-state index contributed by atoms with van der Waals surface area (Å²) in [6, 6.07) is 0.172. The van der Waals surface area contributed by atoms with E-state index < -0.39 is 6.17 Å². The lowest BCUT2D eigenvalue weighted by Gasteiger charge is -2.30. The Kier molecular flexibility index (Phi) is 3.68. The van der Waals surface area contributed by atoms with E-state index in [4.69, 9.17) is 4.74 Å². The second kappa shape index (κ2) is 5.78. The monoisotopic (exact) mass is 438 g/mol. The van der Waals surface area contributed by atoms with Crippen molar-refractivity contribution in [3.8, 4) is 6.01 Å². The Morgan fingerprint density at radius 1 is 1.41 bits per heavy atom. The van der Waals surface area contributed by atoms with Crippen molar-refractivity contribution in [1.82, 2.24) is 29.2 Å². The van der Waals surface area contributed by atoms with Gasteiger partial charge in [-0.2, -0.15) is 10.1 Å². The Bertz CT molecular complexity index is 1120. The van der Waals surface area contributed by atoms with Crippen molar-refractivity contribution in [3.05, 3.63) is 15.0 Å². The van der Waals surface area contributed by atoms with Gasteiger partial charge in [-0.05, 0) is 35.3 Å². The van der Waals surface area contributed by atoms with Crippen LogP contribution in [0.3, 0.4) is 0 Å². The molecule has 8 nitrogen and oxygen atoms in total. The fraction of sp³-hybridized carbons (Fsp3) is 0.588. The number of nitrogens with zero attached hydrogens (tertiary/aromatic N) is 5. The fourth-order valence-electron chi connectivity index (χ4n) is 4.78. The topological polar surface area (TPSA) is 81.0 Å². The van der Waals surface area contributed by atoms with Gasteiger partial charge in [-0.3, -0.25) is 19.4 Å². The fourth-order valence-corrected chi connectivity index (χ4v) is 5.47. The molecule has 0 aliphatic carbocycles. The van der Waals surface area contributed by atoms with E-state index in [2.05, 4.69) is 35.9 Å². The highest BCUT2D eigenvalue weighted by Crippen LogP contribution is 2.40. The normalized spacial score (nSPS) is 25.7. The highest BCUT2D eigenvalue weighted by atomic mass is 79.9. The molecule has 2 saturated heterocycles. The Labute approximate surface area is 162 Å². The van der Waals surface area contributed by atoms with E-state index in [0.717, 1.165) is 30.4 Å². The van der Waals surface area contributed by atoms with Crippen LogP contribution in [0.1, 0.15) is 19.3 Å². The van der Waals surface area contributed by atoms with Crippen LogP contribution in [-0.2, 0) is 14.1 Å². The minimum atomic E-state index is -0.814. The molecule has 3 aromatic heterocycles. The highest BCUT2D eigenvalue weighted by Gasteiger charge is 2.49. The van der Waals surface area contributed by atoms with Crippen molar-refractivity contribution in [2.45, 2.75) is 31.0 Å². The van der Waals surface area contributed by atoms with Crippen LogP contribution in [0.25, 0.3) is 22.1 Å². The molecule has 27 heavy (non-hydrogen) atoms. The lowest BCUT2D eigenvalue weighted by atomic mass is 9.95. The predicted molar refractivity (Wildman–Crippen MR) is 102 cm³/mol. The van der Waals surface area contributed by atoms with Crippen LogP contribution >= 0.6 is 15.9 Å². The highest BCUT2D eigenvalue weighted by molar-refractivity contribution is 9.10. The van der Waals surface area contributed by atoms with E-state index in [0.29, 0.717) is 35.2 Å². The van der Waals surface area contributed by atoms with Gasteiger partial charge in [-0.15, -0.1) is 0 Å². The van der Waals surface area contributed by atoms with Crippen LogP contribution in [-0.4, -0.2) is 60.6 Å². The molecule has 2 aliphatic heterocycles. The van der Waals surface area contributed by atoms with Gasteiger partial charge in [0.2, 0.25) is 0 Å². The third-order valence-electron chi connectivity index (χ3n) is 5.99. The second-order valence-corrected chi connectivity index (χ2v) is 8.36. The molecular formula is C17H20BrFN6O2. The maximum atomic E-state index is 13.9. The van der Waals surface area contributed by atoms with E-state index in [-0.39, 0.29) is 17.1 Å². The maximum Gasteiger partial charge on any atom is 0.298 e. The summed E-state index contributed by atoms with van der Waals surface area (Å²) in [6.07, 6.45) is 1.62. The van der Waals surface area contributed by atoms with Crippen LogP contribution in [0, 0.1) is 0 Å². The molecule has 0 radical (unpaired) electrons. The molecule has 0 unspecified atom stereocenters. The summed E-state index contributed by atoms with van der Waals surface area (Å²) >= 11 is 3.44. The molecule has 1 N–H and O–H groups in total. The largest absolute Gasteiger partial charge is 0.463 e. The molecule has 2 fully saturated rings. The SMILES string of the molecule is Cn1nc(Br)c2c1c1c(=O)[nH]c(OC[C@@]34CCCN3C[C@H](F)C4)nc1n2C. The molecule has 0 amide bonds. The minimum absolute atomic E-state index is 0.172. The number of rotatable bonds is 3. The van der Waals surface area contributed by atoms with Gasteiger partial charge in [-0.1, -0.05) is 0 Å². The van der Waals surface area contributed by atoms with Gasteiger partial charge < -0.3 is 9.30 Å². The molecule has 0 saturated carbocycles. The number of hydrogen-bond donors (Lipinski definition) is 1. The Hall–Kier alpha value is -1.94. The zero-order chi connectivity index (χ0) is 18.9. The Morgan fingerprint density at radius 3 is 3.04 bits per heavy atom. The number of halogens is 2. The predicted octanol–water partition coefficient (Wildman–Crippen LogP) is 1.87. The van der Waals surface area contributed by atoms with Crippen LogP contribution in [0.5, 0.6) is 6.01 Å². The van der Waals surface area contributed by atoms with Crippen LogP contribution < -0.4 is 10.3 Å². The van der Waals surface area contributed by atoms with Gasteiger partial charge in [0.15, 0.2) is 10.3 Å². The van der Waals surface area contributed by atoms with Gasteiger partial charge >= 0.3 is 0 Å². The summed E-state index contributed by atoms with van der Waals surface area (Å²) < 4.78 is 24.0. The summed E-state index contributed by atoms with van der Waals surface area (Å²) in [4.78, 5) is 22.2. The van der Waals surface area contributed by atoms with Crippen molar-refractivity contribution in [1.29, 1.82) is 0 Å². The van der Waals surface area contributed by atoms with Crippen molar-refractivity contribution < 1.29 is 9.13 Å². The third kappa shape index (κ3) is 2.39. The first-order valence-corrected chi connectivity index (χ1v) is 9.82. The number of alkyl halides is 1. The summed E-state index contributed by atoms with van der Waals surface area (Å²) in [7, 11) is 3.63. The smallest absolute Gasteiger partial charge is 0.298 e. The molecule has 5 rings (SSSR count). The van der Waals surface area contributed by atoms with E-state index in [1.807, 2.05) is 11.6 Å². The number of fused-ring (bicyclic) bond motifs is 4. The molecule has 3 aromatic rings. The number of ether oxygens (including phenoxy) is 1. The van der Waals surface area contributed by atoms with Crippen molar-refractivity contribution in [3.63, 3.8) is 0 Å². The number of aryl methyl sites for hydroxylation is 2. The van der Waals surface area contributed by atoms with Gasteiger partial charge in [0.05, 0.1) is 5.54 Å². The van der Waals surface area contributed by atoms with Gasteiger partial charge in [0.25, 0.3) is 11.6 Å². The lowest BCUT2D eigenvalue weighted by molar-refractivity contribution is 0.107. The van der Waals surface area contributed by atoms with E-state index >= 15 is 0 Å². The molecule has 2 aliphatic rings. The van der Waals surface area contributed by atoms with E-state index in [9.17, 15) is 9.18 Å². The number of H-pyrrole nitrogens is 1. The Balaban J connectivity index is 1.54. The minimum Gasteiger partial charge on any atom is -0.463 e. The molecule has 0 spiro atoms. The van der Waals surface area contributed by atoms with Crippen LogP contribution in [0.2, 0.25) is 0 Å². The summed E-state index contributed by atoms with van der Waals surface area (Å²) in [5.41, 5.74) is 1.51. The standard InChI is InChI=1S/C17H20BrFN6O2/c1-23-12-11(24(2)22-13(12)18)10-14(23)20-16(21-15(10)26)27-8-17-4-3-5-25(17)7-9(19)6-17/h9H,3-8H2,1-2H3,(H,20,21,26)/t9-,17+/m1/s1. The van der Waals surface area contributed by atoms with Crippen LogP contribution in [0.15, 0.2) is 9.40 Å². The van der Waals surface area contributed by atoms with Crippen molar-refractivity contribution in [2.24, 2.45) is 14.1 Å². The summed E-state index contributed by atoms with van der Waals surface area (Å²) in [5.74, 6) is 0. The van der Waals surface area contributed by atoms with Crippen LogP contribution in [0.4, 0.5) is 4.39 Å². The Morgan fingerprint density at radius 2 is 2.22 bits per heavy atom. The van der Waals surface area contributed by atoms with Crippen molar-refractivity contribution >= 4 is 38.0 Å². The maximum absolute atomic E-state index is 13.9. The molecule has 0 aromatic carbocycles. The molecule has 0 bridgehead atoms. The zero-order valence-electron chi connectivity index (χ0n) is 15.1. The summed E-state index contributed by atoms with van der Waals surface area (Å²) in [6.45, 7) is 1.70. The first-order chi connectivity index (χ1) is 12.9. The molecule has 5 heterocycles. The lowest BCUT2D eigenvalue weighted by Crippen LogP contribution is -2.43. The third-order valence-corrected chi connectivity index (χ3v) is 6.52. The molecule has 10 heteroatoms. The number of aromatic amines is 1. The van der Waals surface area contributed by atoms with Crippen molar-refractivity contribution in [2.75, 3.05) is 19.7 Å². The van der Waals surface area contributed by atoms with Gasteiger partial charge in [0.1, 0.15) is 29.2 Å². The molecular weight excluding hydrogens is 419 g/mol. The first kappa shape index (κ1) is 17.2. The quantitative estimate of drug-likeness (QED) is 0.674. The number of nitrogens with one attached hydrogen (secondary N) is 1. The first-order valence-electron chi connectivity index (χ1n) is 9.02. The van der Waals surface area contributed by atoms with E-state index in [1.165, 1.54) is 0 Å². The zero-order valence-corrected chi connectivity index (χ0v) is 16.7. The second-order valence-electron chi connectivity index (χ2n) is 7.60. The summed E-state index contributed by atoms with van der Waals surface area (Å²) in [5, 5.41) is 4.79. The molecule has 144 valence electrons. The number of hydrogen-bond acceptors (Lipinski definition) is 5. The van der Waals surface area contributed by atoms with E-state index in [1.54, 1.807) is 11.7 Å². The van der Waals surface area contributed by atoms with Gasteiger partial charge in [0, 0.05) is 27.1 Å². The van der Waals surface area contributed by atoms with Gasteiger partial charge in [-0.25, -0.2) is 4.39 Å². The average Bonchev–Trinajstić information content (AvgIpc) is 3.28. The molecule has 2 atom stereocenters.